The summed E-state index contributed by atoms with van der Waals surface area (Å²) < 4.78 is 0. The number of Topliss-reactive ketones (excluding diaryl/α,β-unsaturated/α-hetero) is 1. The van der Waals surface area contributed by atoms with Crippen LogP contribution in [0.3, 0.4) is 0 Å². The Labute approximate surface area is 106 Å². The molecule has 0 saturated heterocycles. The first-order valence-corrected chi connectivity index (χ1v) is 5.99. The second-order valence-electron chi connectivity index (χ2n) is 5.32. The number of anilines is 1. The van der Waals surface area contributed by atoms with E-state index in [4.69, 9.17) is 0 Å². The third kappa shape index (κ3) is 2.16. The first-order valence-electron chi connectivity index (χ1n) is 5.99. The van der Waals surface area contributed by atoms with E-state index in [9.17, 15) is 14.7 Å². The summed E-state index contributed by atoms with van der Waals surface area (Å²) in [6.07, 6.45) is 0.430. The minimum absolute atomic E-state index is 0.353. The molecule has 0 fully saturated rings. The molecular weight excluding hydrogens is 230 g/mol. The summed E-state index contributed by atoms with van der Waals surface area (Å²) >= 11 is 0. The van der Waals surface area contributed by atoms with Crippen LogP contribution in [-0.4, -0.2) is 28.9 Å². The average Bonchev–Trinajstić information content (AvgIpc) is 2.51. The van der Waals surface area contributed by atoms with Crippen LogP contribution < -0.4 is 4.90 Å². The fourth-order valence-electron chi connectivity index (χ4n) is 2.14. The van der Waals surface area contributed by atoms with E-state index in [1.165, 1.54) is 4.90 Å². The topological polar surface area (TPSA) is 57.6 Å². The lowest BCUT2D eigenvalue weighted by atomic mass is 10.0. The number of carbonyl (C=O) groups is 2. The Balaban J connectivity index is 2.34. The van der Waals surface area contributed by atoms with E-state index in [2.05, 4.69) is 0 Å². The van der Waals surface area contributed by atoms with Crippen LogP contribution in [0.2, 0.25) is 0 Å². The van der Waals surface area contributed by atoms with Gasteiger partial charge in [0.05, 0.1) is 16.9 Å². The number of aryl methyl sites for hydroxylation is 1. The van der Waals surface area contributed by atoms with E-state index < -0.39 is 17.3 Å². The highest BCUT2D eigenvalue weighted by atomic mass is 16.3. The Morgan fingerprint density at radius 1 is 1.28 bits per heavy atom. The number of aliphatic hydroxyl groups is 1. The second-order valence-corrected chi connectivity index (χ2v) is 5.32. The SMILES string of the molecule is Cc1cccc2c1N(CCC(C)(C)O)C(=O)C2=O. The van der Waals surface area contributed by atoms with Gasteiger partial charge in [-0.2, -0.15) is 0 Å². The summed E-state index contributed by atoms with van der Waals surface area (Å²) in [6.45, 7) is 5.61. The summed E-state index contributed by atoms with van der Waals surface area (Å²) in [5.74, 6) is -0.951. The molecule has 1 heterocycles. The normalized spacial score (nSPS) is 15.2. The van der Waals surface area contributed by atoms with Crippen molar-refractivity contribution in [3.05, 3.63) is 29.3 Å². The van der Waals surface area contributed by atoms with Crippen molar-refractivity contribution in [3.8, 4) is 0 Å². The van der Waals surface area contributed by atoms with E-state index in [1.807, 2.05) is 13.0 Å². The molecule has 1 aromatic carbocycles. The Hall–Kier alpha value is -1.68. The molecule has 2 rings (SSSR count). The van der Waals surface area contributed by atoms with Gasteiger partial charge in [-0.05, 0) is 38.8 Å². The molecule has 0 aliphatic carbocycles. The fraction of sp³-hybridized carbons (Fsp3) is 0.429. The first kappa shape index (κ1) is 12.8. The van der Waals surface area contributed by atoms with Crippen molar-refractivity contribution in [1.82, 2.24) is 0 Å². The lowest BCUT2D eigenvalue weighted by molar-refractivity contribution is -0.114. The molecule has 1 amide bonds. The lowest BCUT2D eigenvalue weighted by Gasteiger charge is -2.23. The van der Waals surface area contributed by atoms with Crippen LogP contribution >= 0.6 is 0 Å². The van der Waals surface area contributed by atoms with Crippen LogP contribution in [0.4, 0.5) is 5.69 Å². The fourth-order valence-corrected chi connectivity index (χ4v) is 2.14. The van der Waals surface area contributed by atoms with Crippen LogP contribution in [0.25, 0.3) is 0 Å². The standard InChI is InChI=1S/C14H17NO3/c1-9-5-4-6-10-11(9)15(13(17)12(10)16)8-7-14(2,3)18/h4-6,18H,7-8H2,1-3H3. The maximum absolute atomic E-state index is 11.9. The van der Waals surface area contributed by atoms with Crippen molar-refractivity contribution in [1.29, 1.82) is 0 Å². The molecule has 96 valence electrons. The quantitative estimate of drug-likeness (QED) is 0.827. The Kier molecular flexibility index (Phi) is 2.99. The number of para-hydroxylation sites is 1. The Bertz CT molecular complexity index is 514. The van der Waals surface area contributed by atoms with Crippen molar-refractivity contribution in [2.24, 2.45) is 0 Å². The van der Waals surface area contributed by atoms with Gasteiger partial charge in [0, 0.05) is 6.54 Å². The third-order valence-electron chi connectivity index (χ3n) is 3.14. The molecule has 1 aliphatic rings. The summed E-state index contributed by atoms with van der Waals surface area (Å²) in [5, 5.41) is 9.72. The molecule has 1 N–H and O–H groups in total. The van der Waals surface area contributed by atoms with E-state index in [1.54, 1.807) is 26.0 Å². The van der Waals surface area contributed by atoms with Gasteiger partial charge in [0.1, 0.15) is 0 Å². The molecule has 18 heavy (non-hydrogen) atoms. The Morgan fingerprint density at radius 3 is 2.56 bits per heavy atom. The van der Waals surface area contributed by atoms with Crippen molar-refractivity contribution in [2.75, 3.05) is 11.4 Å². The molecule has 1 aromatic rings. The molecule has 0 saturated carbocycles. The van der Waals surface area contributed by atoms with Crippen LogP contribution in [0.15, 0.2) is 18.2 Å². The molecule has 0 atom stereocenters. The molecule has 4 nitrogen and oxygen atoms in total. The van der Waals surface area contributed by atoms with E-state index in [-0.39, 0.29) is 0 Å². The minimum atomic E-state index is -0.852. The van der Waals surface area contributed by atoms with Crippen LogP contribution in [0.1, 0.15) is 36.2 Å². The number of fused-ring (bicyclic) bond motifs is 1. The zero-order valence-corrected chi connectivity index (χ0v) is 10.9. The summed E-state index contributed by atoms with van der Waals surface area (Å²) in [5.41, 5.74) is 1.21. The van der Waals surface area contributed by atoms with E-state index in [0.29, 0.717) is 24.2 Å². The molecule has 0 aromatic heterocycles. The van der Waals surface area contributed by atoms with Gasteiger partial charge in [0.15, 0.2) is 0 Å². The van der Waals surface area contributed by atoms with Gasteiger partial charge in [-0.3, -0.25) is 9.59 Å². The minimum Gasteiger partial charge on any atom is -0.390 e. The van der Waals surface area contributed by atoms with Crippen molar-refractivity contribution < 1.29 is 14.7 Å². The van der Waals surface area contributed by atoms with Crippen molar-refractivity contribution in [2.45, 2.75) is 32.8 Å². The zero-order chi connectivity index (χ0) is 13.5. The first-order chi connectivity index (χ1) is 8.31. The molecule has 4 heteroatoms. The number of hydrogen-bond acceptors (Lipinski definition) is 3. The smallest absolute Gasteiger partial charge is 0.299 e. The molecule has 0 bridgehead atoms. The monoisotopic (exact) mass is 247 g/mol. The van der Waals surface area contributed by atoms with Gasteiger partial charge in [-0.25, -0.2) is 0 Å². The van der Waals surface area contributed by atoms with Gasteiger partial charge >= 0.3 is 0 Å². The van der Waals surface area contributed by atoms with Crippen LogP contribution in [-0.2, 0) is 4.79 Å². The van der Waals surface area contributed by atoms with Crippen molar-refractivity contribution >= 4 is 17.4 Å². The highest BCUT2D eigenvalue weighted by Gasteiger charge is 2.36. The van der Waals surface area contributed by atoms with Crippen LogP contribution in [0, 0.1) is 6.92 Å². The van der Waals surface area contributed by atoms with Gasteiger partial charge < -0.3 is 10.0 Å². The highest BCUT2D eigenvalue weighted by molar-refractivity contribution is 6.52. The number of rotatable bonds is 3. The molecule has 0 spiro atoms. The van der Waals surface area contributed by atoms with Gasteiger partial charge in [-0.15, -0.1) is 0 Å². The summed E-state index contributed by atoms with van der Waals surface area (Å²) in [6, 6.07) is 5.33. The van der Waals surface area contributed by atoms with E-state index >= 15 is 0 Å². The predicted octanol–water partition coefficient (Wildman–Crippen LogP) is 1.69. The predicted molar refractivity (Wildman–Crippen MR) is 68.8 cm³/mol. The summed E-state index contributed by atoms with van der Waals surface area (Å²) in [7, 11) is 0. The molecule has 1 aliphatic heterocycles. The Morgan fingerprint density at radius 2 is 1.94 bits per heavy atom. The highest BCUT2D eigenvalue weighted by Crippen LogP contribution is 2.32. The number of carbonyl (C=O) groups excluding carboxylic acids is 2. The van der Waals surface area contributed by atoms with E-state index in [0.717, 1.165) is 5.56 Å². The average molecular weight is 247 g/mol. The number of nitrogens with zero attached hydrogens (tertiary/aromatic N) is 1. The van der Waals surface area contributed by atoms with Gasteiger partial charge in [-0.1, -0.05) is 12.1 Å². The summed E-state index contributed by atoms with van der Waals surface area (Å²) in [4.78, 5) is 25.2. The molecule has 0 radical (unpaired) electrons. The lowest BCUT2D eigenvalue weighted by Crippen LogP contribution is -2.35. The van der Waals surface area contributed by atoms with Gasteiger partial charge in [0.2, 0.25) is 0 Å². The van der Waals surface area contributed by atoms with Crippen LogP contribution in [0.5, 0.6) is 0 Å². The second kappa shape index (κ2) is 4.21. The maximum atomic E-state index is 11.9. The number of hydrogen-bond donors (Lipinski definition) is 1. The zero-order valence-electron chi connectivity index (χ0n) is 10.9. The molecule has 0 unspecified atom stereocenters. The third-order valence-corrected chi connectivity index (χ3v) is 3.14. The van der Waals surface area contributed by atoms with Gasteiger partial charge in [0.25, 0.3) is 11.7 Å². The maximum Gasteiger partial charge on any atom is 0.299 e. The molecular formula is C14H17NO3. The number of ketones is 1. The largest absolute Gasteiger partial charge is 0.390 e. The number of benzene rings is 1. The number of amides is 1. The van der Waals surface area contributed by atoms with Crippen molar-refractivity contribution in [3.63, 3.8) is 0 Å².